The van der Waals surface area contributed by atoms with Crippen LogP contribution in [0.1, 0.15) is 38.7 Å². The van der Waals surface area contributed by atoms with Crippen molar-refractivity contribution in [3.63, 3.8) is 0 Å². The van der Waals surface area contributed by atoms with E-state index in [0.29, 0.717) is 17.8 Å². The lowest BCUT2D eigenvalue weighted by Crippen LogP contribution is -2.33. The number of methoxy groups -OCH3 is 1. The number of para-hydroxylation sites is 1. The van der Waals surface area contributed by atoms with E-state index in [0.717, 1.165) is 12.1 Å². The van der Waals surface area contributed by atoms with Gasteiger partial charge in [0.1, 0.15) is 0 Å². The minimum atomic E-state index is 0.286. The molecule has 0 amide bonds. The summed E-state index contributed by atoms with van der Waals surface area (Å²) in [6.07, 6.45) is 3.70. The van der Waals surface area contributed by atoms with E-state index in [1.807, 2.05) is 12.1 Å². The van der Waals surface area contributed by atoms with Crippen LogP contribution in [0.25, 0.3) is 0 Å². The van der Waals surface area contributed by atoms with Crippen molar-refractivity contribution in [2.75, 3.05) is 7.11 Å². The average molecular weight is 249 g/mol. The number of phenolic OH excluding ortho intramolecular Hbond substituents is 1. The average Bonchev–Trinajstić information content (AvgIpc) is 2.73. The normalized spacial score (nSPS) is 24.4. The summed E-state index contributed by atoms with van der Waals surface area (Å²) in [5.74, 6) is 0.848. The third-order valence-electron chi connectivity index (χ3n) is 4.08. The standard InChI is InChI=1S/C15H23NO2/c1-4-13-9-8-11(2)16(13)10-12-6-5-7-14(18-3)15(12)17/h5-7,11,13,17H,4,8-10H2,1-3H3. The Bertz CT molecular complexity index is 405. The highest BCUT2D eigenvalue weighted by atomic mass is 16.5. The molecule has 2 unspecified atom stereocenters. The topological polar surface area (TPSA) is 32.7 Å². The highest BCUT2D eigenvalue weighted by molar-refractivity contribution is 5.45. The second-order valence-electron chi connectivity index (χ2n) is 5.13. The summed E-state index contributed by atoms with van der Waals surface area (Å²) in [7, 11) is 1.59. The van der Waals surface area contributed by atoms with Crippen LogP contribution >= 0.6 is 0 Å². The fourth-order valence-electron chi connectivity index (χ4n) is 2.91. The molecular formula is C15H23NO2. The molecule has 0 spiro atoms. The molecule has 1 fully saturated rings. The van der Waals surface area contributed by atoms with Gasteiger partial charge in [0.2, 0.25) is 0 Å². The van der Waals surface area contributed by atoms with Gasteiger partial charge in [0, 0.05) is 24.2 Å². The number of hydrogen-bond donors (Lipinski definition) is 1. The Morgan fingerprint density at radius 3 is 2.83 bits per heavy atom. The molecule has 1 aliphatic rings. The molecule has 1 saturated heterocycles. The van der Waals surface area contributed by atoms with Gasteiger partial charge >= 0.3 is 0 Å². The van der Waals surface area contributed by atoms with Crippen molar-refractivity contribution in [2.24, 2.45) is 0 Å². The van der Waals surface area contributed by atoms with E-state index in [4.69, 9.17) is 4.74 Å². The molecule has 0 bridgehead atoms. The number of hydrogen-bond acceptors (Lipinski definition) is 3. The molecule has 3 nitrogen and oxygen atoms in total. The molecule has 1 aliphatic heterocycles. The third-order valence-corrected chi connectivity index (χ3v) is 4.08. The number of benzene rings is 1. The van der Waals surface area contributed by atoms with E-state index in [1.54, 1.807) is 13.2 Å². The summed E-state index contributed by atoms with van der Waals surface area (Å²) < 4.78 is 5.16. The largest absolute Gasteiger partial charge is 0.504 e. The fourth-order valence-corrected chi connectivity index (χ4v) is 2.91. The molecule has 1 aromatic rings. The number of nitrogens with zero attached hydrogens (tertiary/aromatic N) is 1. The van der Waals surface area contributed by atoms with Crippen LogP contribution in [-0.4, -0.2) is 29.2 Å². The van der Waals surface area contributed by atoms with Crippen LogP contribution in [-0.2, 0) is 6.54 Å². The summed E-state index contributed by atoms with van der Waals surface area (Å²) in [5.41, 5.74) is 0.960. The van der Waals surface area contributed by atoms with Crippen molar-refractivity contribution in [2.45, 2.75) is 51.7 Å². The second kappa shape index (κ2) is 5.61. The first-order valence-corrected chi connectivity index (χ1v) is 6.78. The number of likely N-dealkylation sites (tertiary alicyclic amines) is 1. The quantitative estimate of drug-likeness (QED) is 0.889. The maximum Gasteiger partial charge on any atom is 0.162 e. The highest BCUT2D eigenvalue weighted by Gasteiger charge is 2.29. The van der Waals surface area contributed by atoms with Gasteiger partial charge in [0.25, 0.3) is 0 Å². The van der Waals surface area contributed by atoms with Crippen LogP contribution in [0.4, 0.5) is 0 Å². The van der Waals surface area contributed by atoms with Gasteiger partial charge in [-0.25, -0.2) is 0 Å². The van der Waals surface area contributed by atoms with Gasteiger partial charge in [-0.3, -0.25) is 4.90 Å². The predicted octanol–water partition coefficient (Wildman–Crippen LogP) is 3.16. The van der Waals surface area contributed by atoms with E-state index < -0.39 is 0 Å². The van der Waals surface area contributed by atoms with Gasteiger partial charge in [0.15, 0.2) is 11.5 Å². The summed E-state index contributed by atoms with van der Waals surface area (Å²) >= 11 is 0. The molecule has 0 aliphatic carbocycles. The Morgan fingerprint density at radius 1 is 1.39 bits per heavy atom. The zero-order valence-corrected chi connectivity index (χ0v) is 11.5. The van der Waals surface area contributed by atoms with Crippen molar-refractivity contribution in [3.8, 4) is 11.5 Å². The molecule has 2 atom stereocenters. The summed E-state index contributed by atoms with van der Waals surface area (Å²) in [4.78, 5) is 2.49. The molecule has 18 heavy (non-hydrogen) atoms. The monoisotopic (exact) mass is 249 g/mol. The first-order valence-electron chi connectivity index (χ1n) is 6.78. The lowest BCUT2D eigenvalue weighted by molar-refractivity contribution is 0.187. The van der Waals surface area contributed by atoms with E-state index in [1.165, 1.54) is 19.3 Å². The highest BCUT2D eigenvalue weighted by Crippen LogP contribution is 2.34. The summed E-state index contributed by atoms with van der Waals surface area (Å²) in [6.45, 7) is 5.32. The van der Waals surface area contributed by atoms with E-state index >= 15 is 0 Å². The fraction of sp³-hybridized carbons (Fsp3) is 0.600. The molecule has 1 heterocycles. The zero-order valence-electron chi connectivity index (χ0n) is 11.5. The smallest absolute Gasteiger partial charge is 0.162 e. The molecule has 1 N–H and O–H groups in total. The Balaban J connectivity index is 2.18. The molecule has 0 radical (unpaired) electrons. The summed E-state index contributed by atoms with van der Waals surface area (Å²) in [6, 6.07) is 6.96. The van der Waals surface area contributed by atoms with Crippen molar-refractivity contribution in [3.05, 3.63) is 23.8 Å². The van der Waals surface area contributed by atoms with E-state index in [2.05, 4.69) is 18.7 Å². The van der Waals surface area contributed by atoms with Gasteiger partial charge in [-0.1, -0.05) is 19.1 Å². The van der Waals surface area contributed by atoms with Crippen molar-refractivity contribution in [1.82, 2.24) is 4.90 Å². The van der Waals surface area contributed by atoms with Gasteiger partial charge in [-0.05, 0) is 32.3 Å². The Labute approximate surface area is 109 Å². The molecule has 100 valence electrons. The number of aromatic hydroxyl groups is 1. The maximum atomic E-state index is 10.1. The van der Waals surface area contributed by atoms with Gasteiger partial charge in [-0.2, -0.15) is 0 Å². The molecular weight excluding hydrogens is 226 g/mol. The van der Waals surface area contributed by atoms with Crippen LogP contribution in [0, 0.1) is 0 Å². The van der Waals surface area contributed by atoms with Gasteiger partial charge in [-0.15, -0.1) is 0 Å². The molecule has 0 saturated carbocycles. The minimum absolute atomic E-state index is 0.286. The first-order chi connectivity index (χ1) is 8.67. The molecule has 1 aromatic carbocycles. The zero-order chi connectivity index (χ0) is 13.1. The van der Waals surface area contributed by atoms with Crippen LogP contribution in [0.2, 0.25) is 0 Å². The van der Waals surface area contributed by atoms with Crippen molar-refractivity contribution < 1.29 is 9.84 Å². The Kier molecular flexibility index (Phi) is 4.12. The molecule has 0 aromatic heterocycles. The Hall–Kier alpha value is -1.22. The van der Waals surface area contributed by atoms with Crippen LogP contribution in [0.5, 0.6) is 11.5 Å². The van der Waals surface area contributed by atoms with Gasteiger partial charge in [0.05, 0.1) is 7.11 Å². The lowest BCUT2D eigenvalue weighted by atomic mass is 10.1. The second-order valence-corrected chi connectivity index (χ2v) is 5.13. The maximum absolute atomic E-state index is 10.1. The molecule has 3 heteroatoms. The number of ether oxygens (including phenoxy) is 1. The summed E-state index contributed by atoms with van der Waals surface area (Å²) in [5, 5.41) is 10.1. The van der Waals surface area contributed by atoms with Crippen LogP contribution in [0.3, 0.4) is 0 Å². The van der Waals surface area contributed by atoms with Gasteiger partial charge < -0.3 is 9.84 Å². The van der Waals surface area contributed by atoms with Crippen LogP contribution in [0.15, 0.2) is 18.2 Å². The van der Waals surface area contributed by atoms with E-state index in [-0.39, 0.29) is 5.75 Å². The van der Waals surface area contributed by atoms with Crippen molar-refractivity contribution >= 4 is 0 Å². The first kappa shape index (κ1) is 13.2. The minimum Gasteiger partial charge on any atom is -0.504 e. The third kappa shape index (κ3) is 2.46. The Morgan fingerprint density at radius 2 is 2.17 bits per heavy atom. The predicted molar refractivity (Wildman–Crippen MR) is 73.0 cm³/mol. The SMILES string of the molecule is CCC1CCC(C)N1Cc1cccc(OC)c1O. The number of phenols is 1. The van der Waals surface area contributed by atoms with E-state index in [9.17, 15) is 5.11 Å². The number of rotatable bonds is 4. The lowest BCUT2D eigenvalue weighted by Gasteiger charge is -2.28. The van der Waals surface area contributed by atoms with Crippen LogP contribution < -0.4 is 4.74 Å². The molecule has 2 rings (SSSR count). The van der Waals surface area contributed by atoms with Crippen molar-refractivity contribution in [1.29, 1.82) is 0 Å².